The largest absolute Gasteiger partial charge is 0.496 e. The van der Waals surface area contributed by atoms with Gasteiger partial charge in [0.25, 0.3) is 0 Å². The first-order valence-corrected chi connectivity index (χ1v) is 7.86. The van der Waals surface area contributed by atoms with Gasteiger partial charge in [-0.2, -0.15) is 0 Å². The Labute approximate surface area is 141 Å². The van der Waals surface area contributed by atoms with Crippen LogP contribution in [-0.2, 0) is 14.3 Å². The van der Waals surface area contributed by atoms with Crippen LogP contribution in [0.2, 0.25) is 0 Å². The van der Waals surface area contributed by atoms with Gasteiger partial charge in [-0.3, -0.25) is 9.79 Å². The Balaban J connectivity index is 2.28. The number of carbonyl (C=O) groups is 1. The zero-order valence-electron chi connectivity index (χ0n) is 14.4. The quantitative estimate of drug-likeness (QED) is 0.867. The predicted octanol–water partition coefficient (Wildman–Crippen LogP) is 2.87. The van der Waals surface area contributed by atoms with Crippen LogP contribution in [0, 0.1) is 5.41 Å². The van der Waals surface area contributed by atoms with E-state index in [-0.39, 0.29) is 17.1 Å². The maximum Gasteiger partial charge on any atom is 0.223 e. The first-order valence-electron chi connectivity index (χ1n) is 7.86. The van der Waals surface area contributed by atoms with Crippen LogP contribution in [0.4, 0.5) is 5.69 Å². The smallest absolute Gasteiger partial charge is 0.223 e. The highest BCUT2D eigenvalue weighted by molar-refractivity contribution is 6.15. The Bertz CT molecular complexity index is 790. The lowest BCUT2D eigenvalue weighted by Crippen LogP contribution is -2.36. The number of benzene rings is 1. The number of hydrogen-bond acceptors (Lipinski definition) is 5. The zero-order chi connectivity index (χ0) is 17.5. The highest BCUT2D eigenvalue weighted by Crippen LogP contribution is 2.51. The number of allylic oxidation sites excluding steroid dienone is 2. The van der Waals surface area contributed by atoms with E-state index in [0.29, 0.717) is 17.9 Å². The summed E-state index contributed by atoms with van der Waals surface area (Å²) in [5.74, 6) is 0.509. The number of ether oxygens (including phenoxy) is 2. The molecule has 2 N–H and O–H groups in total. The van der Waals surface area contributed by atoms with Crippen LogP contribution in [0.15, 0.2) is 52.9 Å². The zero-order valence-corrected chi connectivity index (χ0v) is 14.4. The molecule has 24 heavy (non-hydrogen) atoms. The molecule has 1 atom stereocenters. The van der Waals surface area contributed by atoms with Crippen molar-refractivity contribution in [2.24, 2.45) is 10.4 Å². The Morgan fingerprint density at radius 3 is 2.50 bits per heavy atom. The fraction of sp³-hybridized carbons (Fsp3) is 0.368. The molecule has 1 aromatic rings. The third-order valence-electron chi connectivity index (χ3n) is 4.53. The number of nitrogens with two attached hydrogens (primary N) is 1. The van der Waals surface area contributed by atoms with Gasteiger partial charge in [-0.05, 0) is 32.4 Å². The summed E-state index contributed by atoms with van der Waals surface area (Å²) in [7, 11) is 3.03. The van der Waals surface area contributed by atoms with Crippen molar-refractivity contribution in [1.29, 1.82) is 0 Å². The van der Waals surface area contributed by atoms with Gasteiger partial charge in [-0.25, -0.2) is 0 Å². The Hall–Kier alpha value is -2.56. The van der Waals surface area contributed by atoms with Gasteiger partial charge in [-0.15, -0.1) is 0 Å². The topological polar surface area (TPSA) is 73.9 Å². The Morgan fingerprint density at radius 2 is 1.88 bits per heavy atom. The SMILES string of the molecule is COC1=C(OC)C2(C=CC1=O)CC(C)(C)N=C2c1ccccc1N. The average molecular weight is 326 g/mol. The number of ketones is 1. The van der Waals surface area contributed by atoms with Crippen LogP contribution in [0.25, 0.3) is 0 Å². The van der Waals surface area contributed by atoms with Gasteiger partial charge >= 0.3 is 0 Å². The second kappa shape index (κ2) is 5.51. The summed E-state index contributed by atoms with van der Waals surface area (Å²) in [5, 5.41) is 0. The molecule has 0 fully saturated rings. The van der Waals surface area contributed by atoms with Gasteiger partial charge in [0.15, 0.2) is 5.76 Å². The van der Waals surface area contributed by atoms with Crippen molar-refractivity contribution in [2.75, 3.05) is 20.0 Å². The molecule has 0 saturated carbocycles. The molecule has 1 unspecified atom stereocenters. The molecule has 1 spiro atoms. The van der Waals surface area contributed by atoms with Crippen molar-refractivity contribution in [1.82, 2.24) is 0 Å². The molecule has 2 aliphatic rings. The van der Waals surface area contributed by atoms with E-state index in [9.17, 15) is 4.79 Å². The van der Waals surface area contributed by atoms with E-state index in [1.165, 1.54) is 13.2 Å². The maximum atomic E-state index is 12.2. The molecule has 3 rings (SSSR count). The van der Waals surface area contributed by atoms with Crippen molar-refractivity contribution in [2.45, 2.75) is 25.8 Å². The summed E-state index contributed by atoms with van der Waals surface area (Å²) in [6.07, 6.45) is 4.08. The monoisotopic (exact) mass is 326 g/mol. The number of anilines is 1. The number of nitrogen functional groups attached to an aromatic ring is 1. The van der Waals surface area contributed by atoms with Crippen molar-refractivity contribution in [3.8, 4) is 0 Å². The molecule has 1 aliphatic heterocycles. The van der Waals surface area contributed by atoms with Crippen molar-refractivity contribution in [3.63, 3.8) is 0 Å². The van der Waals surface area contributed by atoms with E-state index >= 15 is 0 Å². The van der Waals surface area contributed by atoms with E-state index < -0.39 is 5.41 Å². The number of carbonyl (C=O) groups excluding carboxylic acids is 1. The minimum Gasteiger partial charge on any atom is -0.496 e. The lowest BCUT2D eigenvalue weighted by molar-refractivity contribution is -0.115. The highest BCUT2D eigenvalue weighted by Gasteiger charge is 2.52. The lowest BCUT2D eigenvalue weighted by Gasteiger charge is -2.34. The number of rotatable bonds is 3. The number of nitrogens with zero attached hydrogens (tertiary/aromatic N) is 1. The lowest BCUT2D eigenvalue weighted by atomic mass is 9.71. The fourth-order valence-corrected chi connectivity index (χ4v) is 3.70. The van der Waals surface area contributed by atoms with Crippen LogP contribution in [0.3, 0.4) is 0 Å². The van der Waals surface area contributed by atoms with Crippen LogP contribution in [0.5, 0.6) is 0 Å². The van der Waals surface area contributed by atoms with Crippen molar-refractivity contribution >= 4 is 17.2 Å². The Kier molecular flexibility index (Phi) is 3.74. The first-order chi connectivity index (χ1) is 11.3. The molecule has 5 heteroatoms. The predicted molar refractivity (Wildman–Crippen MR) is 93.7 cm³/mol. The van der Waals surface area contributed by atoms with Gasteiger partial charge in [0.1, 0.15) is 0 Å². The molecule has 1 aromatic carbocycles. The van der Waals surface area contributed by atoms with Gasteiger partial charge < -0.3 is 15.2 Å². The molecule has 126 valence electrons. The molecule has 0 bridgehead atoms. The normalized spacial score (nSPS) is 25.2. The fourth-order valence-electron chi connectivity index (χ4n) is 3.70. The third kappa shape index (κ3) is 2.31. The molecule has 5 nitrogen and oxygen atoms in total. The van der Waals surface area contributed by atoms with Crippen LogP contribution < -0.4 is 5.73 Å². The molecular formula is C19H22N2O3. The summed E-state index contributed by atoms with van der Waals surface area (Å²) in [4.78, 5) is 17.1. The van der Waals surface area contributed by atoms with Crippen molar-refractivity contribution in [3.05, 3.63) is 53.5 Å². The maximum absolute atomic E-state index is 12.2. The van der Waals surface area contributed by atoms with Gasteiger partial charge in [-0.1, -0.05) is 24.3 Å². The Morgan fingerprint density at radius 1 is 1.17 bits per heavy atom. The van der Waals surface area contributed by atoms with E-state index in [1.54, 1.807) is 7.11 Å². The average Bonchev–Trinajstić information content (AvgIpc) is 2.81. The summed E-state index contributed by atoms with van der Waals surface area (Å²) in [6.45, 7) is 4.12. The number of para-hydroxylation sites is 1. The minimum atomic E-state index is -0.660. The number of aliphatic imine (C=N–C) groups is 1. The first kappa shape index (κ1) is 16.3. The molecule has 0 amide bonds. The number of methoxy groups -OCH3 is 2. The summed E-state index contributed by atoms with van der Waals surface area (Å²) in [6, 6.07) is 7.61. The third-order valence-corrected chi connectivity index (χ3v) is 4.53. The second-order valence-corrected chi connectivity index (χ2v) is 6.77. The van der Waals surface area contributed by atoms with Crippen molar-refractivity contribution < 1.29 is 14.3 Å². The second-order valence-electron chi connectivity index (χ2n) is 6.77. The molecule has 1 aliphatic carbocycles. The van der Waals surface area contributed by atoms with E-state index in [4.69, 9.17) is 20.2 Å². The molecule has 0 aromatic heterocycles. The highest BCUT2D eigenvalue weighted by atomic mass is 16.5. The van der Waals surface area contributed by atoms with Gasteiger partial charge in [0.2, 0.25) is 11.5 Å². The minimum absolute atomic E-state index is 0.204. The van der Waals surface area contributed by atoms with Crippen LogP contribution >= 0.6 is 0 Å². The molecule has 0 saturated heterocycles. The van der Waals surface area contributed by atoms with E-state index in [0.717, 1.165) is 11.3 Å². The summed E-state index contributed by atoms with van der Waals surface area (Å²) < 4.78 is 11.0. The summed E-state index contributed by atoms with van der Waals surface area (Å²) in [5.41, 5.74) is 7.53. The molecular weight excluding hydrogens is 304 g/mol. The molecule has 1 heterocycles. The number of hydrogen-bond donors (Lipinski definition) is 1. The van der Waals surface area contributed by atoms with Crippen LogP contribution in [0.1, 0.15) is 25.8 Å². The van der Waals surface area contributed by atoms with E-state index in [1.807, 2.05) is 30.3 Å². The summed E-state index contributed by atoms with van der Waals surface area (Å²) >= 11 is 0. The van der Waals surface area contributed by atoms with Gasteiger partial charge in [0, 0.05) is 11.3 Å². The van der Waals surface area contributed by atoms with E-state index in [2.05, 4.69) is 13.8 Å². The van der Waals surface area contributed by atoms with Gasteiger partial charge in [0.05, 0.1) is 30.9 Å². The van der Waals surface area contributed by atoms with Crippen LogP contribution in [-0.4, -0.2) is 31.3 Å². The molecule has 0 radical (unpaired) electrons. The standard InChI is InChI=1S/C19H22N2O3/c1-18(2)11-19(10-9-14(22)15(23-3)17(19)24-4)16(21-18)12-7-5-6-8-13(12)20/h5-10H,11,20H2,1-4H3.